The first-order valence-electron chi connectivity index (χ1n) is 17.2. The molecule has 1 aliphatic heterocycles. The molecule has 0 radical (unpaired) electrons. The first kappa shape index (κ1) is 39.1. The lowest BCUT2D eigenvalue weighted by Crippen LogP contribution is -2.45. The summed E-state index contributed by atoms with van der Waals surface area (Å²) in [6, 6.07) is 14.4. The van der Waals surface area contributed by atoms with Crippen LogP contribution in [0, 0.1) is 11.8 Å². The third-order valence-electron chi connectivity index (χ3n) is 7.96. The average molecular weight is 716 g/mol. The van der Waals surface area contributed by atoms with Crippen LogP contribution < -0.4 is 47.9 Å². The normalized spacial score (nSPS) is 12.2. The second-order valence-electron chi connectivity index (χ2n) is 11.7. The van der Waals surface area contributed by atoms with Gasteiger partial charge in [-0.15, -0.1) is 0 Å². The molecular weight excluding hydrogens is 670 g/mol. The monoisotopic (exact) mass is 715 g/mol. The van der Waals surface area contributed by atoms with Crippen molar-refractivity contribution in [3.8, 4) is 17.6 Å². The van der Waals surface area contributed by atoms with Crippen LogP contribution in [0.5, 0.6) is 5.75 Å². The van der Waals surface area contributed by atoms with E-state index in [1.54, 1.807) is 11.8 Å². The molecule has 1 aliphatic rings. The van der Waals surface area contributed by atoms with Crippen molar-refractivity contribution < 1.29 is 28.6 Å². The lowest BCUT2D eigenvalue weighted by Gasteiger charge is -2.26. The number of guanidine groups is 1. The summed E-state index contributed by atoms with van der Waals surface area (Å²) in [4.78, 5) is 68.2. The number of aliphatic imine (C=N–C) groups is 1. The minimum absolute atomic E-state index is 0.0246. The van der Waals surface area contributed by atoms with E-state index in [0.717, 1.165) is 22.4 Å². The van der Waals surface area contributed by atoms with Gasteiger partial charge in [0.25, 0.3) is 10.9 Å². The third kappa shape index (κ3) is 11.4. The van der Waals surface area contributed by atoms with Crippen molar-refractivity contribution in [1.82, 2.24) is 10.6 Å². The molecule has 276 valence electrons. The molecule has 4 rings (SSSR count). The van der Waals surface area contributed by atoms with Gasteiger partial charge in [0, 0.05) is 43.6 Å². The smallest absolute Gasteiger partial charge is 0.272 e. The lowest BCUT2D eigenvalue weighted by molar-refractivity contribution is -0.125. The topological polar surface area (TPSA) is 217 Å². The molecule has 0 aliphatic carbocycles. The van der Waals surface area contributed by atoms with Gasteiger partial charge in [-0.2, -0.15) is 0 Å². The molecule has 7 N–H and O–H groups in total. The highest BCUT2D eigenvalue weighted by atomic mass is 16.5. The highest BCUT2D eigenvalue weighted by Gasteiger charge is 2.27. The van der Waals surface area contributed by atoms with Crippen molar-refractivity contribution in [2.45, 2.75) is 45.2 Å². The quantitative estimate of drug-likeness (QED) is 0.0337. The maximum Gasteiger partial charge on any atom is 0.272 e. The van der Waals surface area contributed by atoms with Gasteiger partial charge in [-0.25, -0.2) is 0 Å². The number of hydrogen-bond acceptors (Lipinski definition) is 10. The molecule has 0 bridgehead atoms. The number of rotatable bonds is 21. The highest BCUT2D eigenvalue weighted by Crippen LogP contribution is 2.26. The minimum Gasteiger partial charge on any atom is -0.488 e. The van der Waals surface area contributed by atoms with Gasteiger partial charge in [0.1, 0.15) is 11.7 Å². The fourth-order valence-electron chi connectivity index (χ4n) is 5.34. The van der Waals surface area contributed by atoms with Crippen LogP contribution >= 0.6 is 0 Å². The molecule has 1 atom stereocenters. The van der Waals surface area contributed by atoms with Crippen LogP contribution in [0.3, 0.4) is 0 Å². The summed E-state index contributed by atoms with van der Waals surface area (Å²) in [6.07, 6.45) is 0.797. The Morgan fingerprint density at radius 2 is 1.56 bits per heavy atom. The van der Waals surface area contributed by atoms with Gasteiger partial charge in [0.2, 0.25) is 17.7 Å². The number of nitrogens with two attached hydrogens (primary N) is 2. The molecule has 3 aromatic rings. The summed E-state index contributed by atoms with van der Waals surface area (Å²) < 4.78 is 16.3. The van der Waals surface area contributed by atoms with E-state index >= 15 is 0 Å². The fourth-order valence-corrected chi connectivity index (χ4v) is 5.34. The van der Waals surface area contributed by atoms with Crippen LogP contribution in [-0.2, 0) is 30.4 Å². The number of nitrogens with one attached hydrogen (secondary N) is 3. The van der Waals surface area contributed by atoms with Crippen LogP contribution in [-0.4, -0.2) is 82.4 Å². The van der Waals surface area contributed by atoms with Gasteiger partial charge in [0.15, 0.2) is 11.7 Å². The fraction of sp³-hybridized carbons (Fsp3) is 0.405. The van der Waals surface area contributed by atoms with Crippen LogP contribution in [0.1, 0.15) is 49.3 Å². The highest BCUT2D eigenvalue weighted by molar-refractivity contribution is 5.97. The number of ether oxygens (including phenoxy) is 3. The maximum atomic E-state index is 13.3. The van der Waals surface area contributed by atoms with Crippen molar-refractivity contribution in [1.29, 1.82) is 0 Å². The number of benzene rings is 2. The van der Waals surface area contributed by atoms with Crippen molar-refractivity contribution in [3.63, 3.8) is 0 Å². The molecule has 0 aromatic heterocycles. The van der Waals surface area contributed by atoms with E-state index in [0.29, 0.717) is 13.0 Å². The van der Waals surface area contributed by atoms with E-state index in [1.807, 2.05) is 48.5 Å². The lowest BCUT2D eigenvalue weighted by atomic mass is 10.0. The molecule has 15 nitrogen and oxygen atoms in total. The van der Waals surface area contributed by atoms with E-state index in [9.17, 15) is 24.0 Å². The molecule has 15 heteroatoms. The molecule has 3 amide bonds. The molecule has 52 heavy (non-hydrogen) atoms. The Morgan fingerprint density at radius 3 is 2.29 bits per heavy atom. The van der Waals surface area contributed by atoms with E-state index in [2.05, 4.69) is 32.8 Å². The molecule has 0 saturated carbocycles. The zero-order chi connectivity index (χ0) is 37.3. The number of para-hydroxylation sites is 1. The van der Waals surface area contributed by atoms with Crippen molar-refractivity contribution in [3.05, 3.63) is 85.7 Å². The molecule has 0 saturated heterocycles. The van der Waals surface area contributed by atoms with Gasteiger partial charge in [0.05, 0.1) is 45.3 Å². The predicted molar refractivity (Wildman–Crippen MR) is 197 cm³/mol. The van der Waals surface area contributed by atoms with Crippen molar-refractivity contribution >= 4 is 35.1 Å². The Hall–Kier alpha value is -5.72. The Kier molecular flexibility index (Phi) is 15.2. The van der Waals surface area contributed by atoms with E-state index in [1.165, 1.54) is 0 Å². The number of carbonyl (C=O) groups excluding carboxylic acids is 3. The van der Waals surface area contributed by atoms with Crippen LogP contribution in [0.25, 0.3) is 0 Å². The predicted octanol–water partition coefficient (Wildman–Crippen LogP) is 0.508. The molecule has 3 aromatic carbocycles. The van der Waals surface area contributed by atoms with E-state index in [-0.39, 0.29) is 101 Å². The van der Waals surface area contributed by atoms with Crippen molar-refractivity contribution in [2.24, 2.45) is 16.5 Å². The first-order valence-corrected chi connectivity index (χ1v) is 17.2. The molecule has 0 unspecified atom stereocenters. The Bertz CT molecular complexity index is 1850. The second-order valence-corrected chi connectivity index (χ2v) is 11.7. The van der Waals surface area contributed by atoms with Gasteiger partial charge in [-0.3, -0.25) is 29.0 Å². The summed E-state index contributed by atoms with van der Waals surface area (Å²) in [5.41, 5.74) is 12.5. The van der Waals surface area contributed by atoms with Gasteiger partial charge >= 0.3 is 0 Å². The van der Waals surface area contributed by atoms with E-state index < -0.39 is 22.8 Å². The molecular formula is C37H45N7O8. The summed E-state index contributed by atoms with van der Waals surface area (Å²) in [5, 5.41) is 8.35. The Balaban J connectivity index is 1.10. The summed E-state index contributed by atoms with van der Waals surface area (Å²) in [6.45, 7) is 3.95. The first-order chi connectivity index (χ1) is 25.2. The second kappa shape index (κ2) is 20.2. The number of hydrogen-bond donors (Lipinski definition) is 5. The van der Waals surface area contributed by atoms with Crippen LogP contribution in [0.15, 0.2) is 63.1 Å². The standard InChI is InChI=1S/C37H45N7O8/c1-2-52-35-32(33(47)34(35)48)43-28(11-7-17-42-37(38)39)36(49)41-19-21-51-23-22-50-20-18-40-30(45)15-16-31(46)44-24-27-10-4-3-8-25(27)13-14-26-9-5-6-12-29(26)44/h3-6,8-10,12,28,43H,2,7,11,15-24H2,1H3,(H,40,45)(H,41,49)(H4,38,39,42)/t28-/m0/s1. The van der Waals surface area contributed by atoms with Crippen molar-refractivity contribution in [2.75, 3.05) is 62.9 Å². The van der Waals surface area contributed by atoms with Gasteiger partial charge in [-0.1, -0.05) is 42.2 Å². The molecule has 0 spiro atoms. The average Bonchev–Trinajstić information content (AvgIpc) is 3.14. The number of carbonyl (C=O) groups is 3. The van der Waals surface area contributed by atoms with E-state index in [4.69, 9.17) is 25.7 Å². The van der Waals surface area contributed by atoms with Crippen LogP contribution in [0.4, 0.5) is 11.4 Å². The summed E-state index contributed by atoms with van der Waals surface area (Å²) >= 11 is 0. The zero-order valence-corrected chi connectivity index (χ0v) is 29.2. The van der Waals surface area contributed by atoms with Gasteiger partial charge in [-0.05, 0) is 43.5 Å². The molecule has 1 heterocycles. The Morgan fingerprint density at radius 1 is 0.885 bits per heavy atom. The molecule has 0 fully saturated rings. The largest absolute Gasteiger partial charge is 0.488 e. The summed E-state index contributed by atoms with van der Waals surface area (Å²) in [5.74, 6) is 5.38. The maximum absolute atomic E-state index is 13.3. The number of amides is 3. The SMILES string of the molecule is CCOc1c(N[C@@H](CCCN=C(N)N)C(=O)NCCOCCOCCNC(=O)CCC(=O)N2Cc3ccccc3C#Cc3ccccc32)c(=O)c1=O. The van der Waals surface area contributed by atoms with Gasteiger partial charge < -0.3 is 46.5 Å². The minimum atomic E-state index is -0.837. The number of nitrogens with zero attached hydrogens (tertiary/aromatic N) is 2. The summed E-state index contributed by atoms with van der Waals surface area (Å²) in [7, 11) is 0. The third-order valence-corrected chi connectivity index (χ3v) is 7.96. The zero-order valence-electron chi connectivity index (χ0n) is 29.2. The Labute approximate surface area is 301 Å². The number of anilines is 2. The van der Waals surface area contributed by atoms with Crippen LogP contribution in [0.2, 0.25) is 0 Å². The number of fused-ring (bicyclic) bond motifs is 2.